The van der Waals surface area contributed by atoms with Gasteiger partial charge in [0.1, 0.15) is 12.4 Å². The lowest BCUT2D eigenvalue weighted by Crippen LogP contribution is -2.23. The van der Waals surface area contributed by atoms with Gasteiger partial charge in [-0.2, -0.15) is 0 Å². The number of rotatable bonds is 5. The van der Waals surface area contributed by atoms with E-state index in [9.17, 15) is 17.6 Å². The number of nitrogens with one attached hydrogen (secondary N) is 1. The van der Waals surface area contributed by atoms with Crippen LogP contribution in [-0.4, -0.2) is 25.9 Å². The topological polar surface area (TPSA) is 68.2 Å². The Balaban J connectivity index is 2.10. The molecule has 0 atom stereocenters. The molecule has 0 fully saturated rings. The monoisotopic (exact) mass is 394 g/mol. The number of amides is 1. The van der Waals surface area contributed by atoms with Crippen LogP contribution in [0.25, 0.3) is 10.9 Å². The first kappa shape index (κ1) is 18.4. The number of aromatic nitrogens is 1. The molecule has 5 nitrogen and oxygen atoms in total. The molecule has 8 heteroatoms. The summed E-state index contributed by atoms with van der Waals surface area (Å²) in [5.74, 6) is -1.49. The Labute approximate surface area is 155 Å². The van der Waals surface area contributed by atoms with E-state index in [1.807, 2.05) is 0 Å². The quantitative estimate of drug-likeness (QED) is 0.722. The van der Waals surface area contributed by atoms with Crippen molar-refractivity contribution in [2.24, 2.45) is 0 Å². The Kier molecular flexibility index (Phi) is 5.02. The van der Waals surface area contributed by atoms with Gasteiger partial charge in [0.2, 0.25) is 5.91 Å². The molecule has 3 rings (SSSR count). The maximum atomic E-state index is 14.0. The van der Waals surface area contributed by atoms with Crippen LogP contribution >= 0.6 is 11.6 Å². The van der Waals surface area contributed by atoms with Gasteiger partial charge in [-0.1, -0.05) is 35.9 Å². The number of nitrogens with zero attached hydrogens (tertiary/aromatic N) is 1. The maximum Gasteiger partial charge on any atom is 0.239 e. The minimum absolute atomic E-state index is 0.0208. The van der Waals surface area contributed by atoms with E-state index >= 15 is 0 Å². The van der Waals surface area contributed by atoms with Crippen molar-refractivity contribution >= 4 is 38.2 Å². The number of halogens is 2. The van der Waals surface area contributed by atoms with Gasteiger partial charge in [0.25, 0.3) is 0 Å². The first-order valence-electron chi connectivity index (χ1n) is 7.77. The zero-order chi connectivity index (χ0) is 18.9. The lowest BCUT2D eigenvalue weighted by Gasteiger charge is -2.07. The standard InChI is InChI=1S/C18H16ClFN2O3S/c1-21-18(23)10-22-9-17(12-5-2-3-8-16(12)22)26(24,25)11-13-14(19)6-4-7-15(13)20/h2-9H,10-11H2,1H3,(H,21,23). The van der Waals surface area contributed by atoms with Crippen LogP contribution in [0.4, 0.5) is 4.39 Å². The van der Waals surface area contributed by atoms with Crippen molar-refractivity contribution in [3.05, 3.63) is 65.1 Å². The molecule has 1 amide bonds. The van der Waals surface area contributed by atoms with Crippen LogP contribution in [0.1, 0.15) is 5.56 Å². The highest BCUT2D eigenvalue weighted by Gasteiger charge is 2.24. The molecule has 3 aromatic rings. The number of benzene rings is 2. The van der Waals surface area contributed by atoms with Gasteiger partial charge < -0.3 is 9.88 Å². The van der Waals surface area contributed by atoms with Gasteiger partial charge in [0, 0.05) is 34.7 Å². The molecule has 0 saturated heterocycles. The van der Waals surface area contributed by atoms with E-state index in [0.717, 1.165) is 0 Å². The minimum atomic E-state index is -3.88. The van der Waals surface area contributed by atoms with Gasteiger partial charge in [-0.05, 0) is 18.2 Å². The van der Waals surface area contributed by atoms with Crippen molar-refractivity contribution in [1.29, 1.82) is 0 Å². The molecule has 0 unspecified atom stereocenters. The van der Waals surface area contributed by atoms with Crippen LogP contribution in [0.5, 0.6) is 0 Å². The van der Waals surface area contributed by atoms with Crippen molar-refractivity contribution < 1.29 is 17.6 Å². The number of sulfone groups is 1. The average Bonchev–Trinajstić information content (AvgIpc) is 2.98. The highest BCUT2D eigenvalue weighted by Crippen LogP contribution is 2.30. The summed E-state index contributed by atoms with van der Waals surface area (Å²) in [6.07, 6.45) is 1.41. The number of carbonyl (C=O) groups excluding carboxylic acids is 1. The third kappa shape index (κ3) is 3.45. The smallest absolute Gasteiger partial charge is 0.239 e. The van der Waals surface area contributed by atoms with Crippen LogP contribution in [0.15, 0.2) is 53.6 Å². The molecule has 2 aromatic carbocycles. The molecule has 1 aromatic heterocycles. The van der Waals surface area contributed by atoms with E-state index in [2.05, 4.69) is 5.32 Å². The van der Waals surface area contributed by atoms with E-state index in [1.165, 1.54) is 31.4 Å². The summed E-state index contributed by atoms with van der Waals surface area (Å²) in [5.41, 5.74) is 0.534. The fourth-order valence-electron chi connectivity index (χ4n) is 2.76. The van der Waals surface area contributed by atoms with Crippen molar-refractivity contribution in [2.75, 3.05) is 7.05 Å². The number of para-hydroxylation sites is 1. The molecule has 0 aliphatic rings. The summed E-state index contributed by atoms with van der Waals surface area (Å²) in [5, 5.41) is 3.04. The first-order chi connectivity index (χ1) is 12.3. The van der Waals surface area contributed by atoms with Crippen LogP contribution in [-0.2, 0) is 26.9 Å². The normalized spacial score (nSPS) is 11.7. The predicted molar refractivity (Wildman–Crippen MR) is 98.3 cm³/mol. The van der Waals surface area contributed by atoms with Crippen LogP contribution < -0.4 is 5.32 Å². The predicted octanol–water partition coefficient (Wildman–Crippen LogP) is 3.15. The number of fused-ring (bicyclic) bond motifs is 1. The first-order valence-corrected chi connectivity index (χ1v) is 9.80. The fourth-order valence-corrected chi connectivity index (χ4v) is 4.70. The van der Waals surface area contributed by atoms with E-state index in [4.69, 9.17) is 11.6 Å². The number of carbonyl (C=O) groups is 1. The van der Waals surface area contributed by atoms with Crippen molar-refractivity contribution in [1.82, 2.24) is 9.88 Å². The van der Waals surface area contributed by atoms with Gasteiger partial charge in [-0.15, -0.1) is 0 Å². The van der Waals surface area contributed by atoms with E-state index in [1.54, 1.807) is 28.8 Å². The van der Waals surface area contributed by atoms with Crippen molar-refractivity contribution in [3.8, 4) is 0 Å². The van der Waals surface area contributed by atoms with Crippen LogP contribution in [0.3, 0.4) is 0 Å². The zero-order valence-corrected chi connectivity index (χ0v) is 15.4. The Hall–Kier alpha value is -2.38. The molecule has 0 radical (unpaired) electrons. The number of likely N-dealkylation sites (N-methyl/N-ethyl adjacent to an activating group) is 1. The largest absolute Gasteiger partial charge is 0.358 e. The van der Waals surface area contributed by atoms with E-state index in [0.29, 0.717) is 10.9 Å². The molecule has 1 N–H and O–H groups in total. The zero-order valence-electron chi connectivity index (χ0n) is 13.9. The summed E-state index contributed by atoms with van der Waals surface area (Å²) in [7, 11) is -2.38. The average molecular weight is 395 g/mol. The maximum absolute atomic E-state index is 14.0. The van der Waals surface area contributed by atoms with Crippen molar-refractivity contribution in [2.45, 2.75) is 17.2 Å². The summed E-state index contributed by atoms with van der Waals surface area (Å²) in [6.45, 7) is -0.0208. The summed E-state index contributed by atoms with van der Waals surface area (Å²) in [4.78, 5) is 11.8. The second-order valence-electron chi connectivity index (χ2n) is 5.77. The van der Waals surface area contributed by atoms with E-state index < -0.39 is 21.4 Å². The third-order valence-corrected chi connectivity index (χ3v) is 6.09. The van der Waals surface area contributed by atoms with Gasteiger partial charge >= 0.3 is 0 Å². The Bertz CT molecular complexity index is 1070. The highest BCUT2D eigenvalue weighted by molar-refractivity contribution is 7.90. The fraction of sp³-hybridized carbons (Fsp3) is 0.167. The van der Waals surface area contributed by atoms with Crippen LogP contribution in [0.2, 0.25) is 5.02 Å². The molecule has 0 aliphatic heterocycles. The summed E-state index contributed by atoms with van der Waals surface area (Å²) < 4.78 is 41.5. The summed E-state index contributed by atoms with van der Waals surface area (Å²) in [6, 6.07) is 10.9. The second kappa shape index (κ2) is 7.09. The molecule has 26 heavy (non-hydrogen) atoms. The Morgan fingerprint density at radius 3 is 2.62 bits per heavy atom. The lowest BCUT2D eigenvalue weighted by molar-refractivity contribution is -0.121. The molecular formula is C18H16ClFN2O3S. The van der Waals surface area contributed by atoms with E-state index in [-0.39, 0.29) is 27.9 Å². The minimum Gasteiger partial charge on any atom is -0.358 e. The third-order valence-electron chi connectivity index (χ3n) is 4.08. The SMILES string of the molecule is CNC(=O)Cn1cc(S(=O)(=O)Cc2c(F)cccc2Cl)c2ccccc21. The molecule has 1 heterocycles. The molecule has 136 valence electrons. The molecule has 0 aliphatic carbocycles. The molecule has 0 spiro atoms. The van der Waals surface area contributed by atoms with Gasteiger partial charge in [-0.25, -0.2) is 12.8 Å². The number of hydrogen-bond acceptors (Lipinski definition) is 3. The molecule has 0 saturated carbocycles. The molecule has 0 bridgehead atoms. The Morgan fingerprint density at radius 1 is 1.19 bits per heavy atom. The second-order valence-corrected chi connectivity index (χ2v) is 8.14. The van der Waals surface area contributed by atoms with Gasteiger partial charge in [-0.3, -0.25) is 4.79 Å². The van der Waals surface area contributed by atoms with Gasteiger partial charge in [0.05, 0.1) is 10.6 Å². The number of hydrogen-bond donors (Lipinski definition) is 1. The molecular weight excluding hydrogens is 379 g/mol. The Morgan fingerprint density at radius 2 is 1.92 bits per heavy atom. The van der Waals surface area contributed by atoms with Crippen molar-refractivity contribution in [3.63, 3.8) is 0 Å². The van der Waals surface area contributed by atoms with Crippen LogP contribution in [0, 0.1) is 5.82 Å². The summed E-state index contributed by atoms with van der Waals surface area (Å²) >= 11 is 5.97. The van der Waals surface area contributed by atoms with Gasteiger partial charge in [0.15, 0.2) is 9.84 Å². The lowest BCUT2D eigenvalue weighted by atomic mass is 10.2. The highest BCUT2D eigenvalue weighted by atomic mass is 35.5.